The van der Waals surface area contributed by atoms with Crippen LogP contribution in [0.3, 0.4) is 0 Å². The molecule has 98 valence electrons. The number of furan rings is 1. The van der Waals surface area contributed by atoms with E-state index < -0.39 is 15.3 Å². The molecule has 17 heavy (non-hydrogen) atoms. The quantitative estimate of drug-likeness (QED) is 0.761. The first-order valence-electron chi connectivity index (χ1n) is 5.69. The summed E-state index contributed by atoms with van der Waals surface area (Å²) in [5, 5.41) is -0.562. The summed E-state index contributed by atoms with van der Waals surface area (Å²) in [5.41, 5.74) is 5.35. The molecule has 5 nitrogen and oxygen atoms in total. The molecule has 1 rings (SSSR count). The van der Waals surface area contributed by atoms with Crippen molar-refractivity contribution in [3.8, 4) is 0 Å². The van der Waals surface area contributed by atoms with Crippen molar-refractivity contribution in [1.29, 1.82) is 0 Å². The van der Waals surface area contributed by atoms with Gasteiger partial charge in [0.15, 0.2) is 0 Å². The predicted octanol–water partition coefficient (Wildman–Crippen LogP) is 0.867. The molecule has 2 unspecified atom stereocenters. The topological polar surface area (TPSA) is 85.3 Å². The second-order valence-electron chi connectivity index (χ2n) is 4.23. The number of sulfonamides is 1. The lowest BCUT2D eigenvalue weighted by Crippen LogP contribution is -2.41. The summed E-state index contributed by atoms with van der Waals surface area (Å²) in [6.45, 7) is 3.56. The minimum absolute atomic E-state index is 0.125. The van der Waals surface area contributed by atoms with E-state index in [1.165, 1.54) is 0 Å². The lowest BCUT2D eigenvalue weighted by molar-refractivity contribution is 0.478. The van der Waals surface area contributed by atoms with Crippen LogP contribution in [-0.2, 0) is 16.4 Å². The van der Waals surface area contributed by atoms with E-state index in [9.17, 15) is 8.42 Å². The Morgan fingerprint density at radius 1 is 1.47 bits per heavy atom. The fraction of sp³-hybridized carbons (Fsp3) is 0.636. The molecular weight excluding hydrogens is 240 g/mol. The Labute approximate surface area is 102 Å². The van der Waals surface area contributed by atoms with Crippen molar-refractivity contribution >= 4 is 10.0 Å². The molecule has 0 aliphatic carbocycles. The fourth-order valence-electron chi connectivity index (χ4n) is 1.40. The molecule has 1 aromatic rings. The van der Waals surface area contributed by atoms with Gasteiger partial charge < -0.3 is 10.2 Å². The van der Waals surface area contributed by atoms with Gasteiger partial charge in [-0.3, -0.25) is 0 Å². The standard InChI is InChI=1S/C11H20N2O3S/c1-9(5-6-11-4-3-7-16-11)13-17(14,15)10(2)8-12/h3-4,7,9-10,13H,5-6,8,12H2,1-2H3. The molecule has 1 heterocycles. The van der Waals surface area contributed by atoms with Gasteiger partial charge in [-0.1, -0.05) is 0 Å². The molecule has 0 bridgehead atoms. The van der Waals surface area contributed by atoms with Gasteiger partial charge in [-0.15, -0.1) is 0 Å². The van der Waals surface area contributed by atoms with Crippen molar-refractivity contribution in [2.24, 2.45) is 5.73 Å². The number of hydrogen-bond donors (Lipinski definition) is 2. The second-order valence-corrected chi connectivity index (χ2v) is 6.36. The molecule has 0 saturated carbocycles. The van der Waals surface area contributed by atoms with Crippen LogP contribution in [0.5, 0.6) is 0 Å². The number of nitrogens with one attached hydrogen (secondary N) is 1. The highest BCUT2D eigenvalue weighted by Crippen LogP contribution is 2.07. The molecule has 0 aliphatic rings. The molecule has 6 heteroatoms. The Morgan fingerprint density at radius 3 is 2.71 bits per heavy atom. The highest BCUT2D eigenvalue weighted by Gasteiger charge is 2.21. The van der Waals surface area contributed by atoms with Gasteiger partial charge in [-0.25, -0.2) is 13.1 Å². The summed E-state index contributed by atoms with van der Waals surface area (Å²) in [4.78, 5) is 0. The Kier molecular flexibility index (Phi) is 5.17. The lowest BCUT2D eigenvalue weighted by atomic mass is 10.2. The maximum absolute atomic E-state index is 11.7. The number of hydrogen-bond acceptors (Lipinski definition) is 4. The summed E-state index contributed by atoms with van der Waals surface area (Å²) in [6.07, 6.45) is 3.03. The molecule has 0 aromatic carbocycles. The van der Waals surface area contributed by atoms with E-state index in [1.807, 2.05) is 19.1 Å². The number of aryl methyl sites for hydroxylation is 1. The van der Waals surface area contributed by atoms with Crippen LogP contribution in [0, 0.1) is 0 Å². The first kappa shape index (κ1) is 14.2. The van der Waals surface area contributed by atoms with Gasteiger partial charge in [0, 0.05) is 19.0 Å². The molecule has 1 aromatic heterocycles. The monoisotopic (exact) mass is 260 g/mol. The zero-order chi connectivity index (χ0) is 12.9. The van der Waals surface area contributed by atoms with Crippen molar-refractivity contribution in [2.75, 3.05) is 6.54 Å². The van der Waals surface area contributed by atoms with Crippen LogP contribution in [0.15, 0.2) is 22.8 Å². The molecule has 0 fully saturated rings. The lowest BCUT2D eigenvalue weighted by Gasteiger charge is -2.17. The molecule has 0 spiro atoms. The van der Waals surface area contributed by atoms with Crippen LogP contribution in [0.2, 0.25) is 0 Å². The Morgan fingerprint density at radius 2 is 2.18 bits per heavy atom. The maximum atomic E-state index is 11.7. The summed E-state index contributed by atoms with van der Waals surface area (Å²) in [6, 6.07) is 3.57. The van der Waals surface area contributed by atoms with Crippen LogP contribution in [0.1, 0.15) is 26.0 Å². The summed E-state index contributed by atoms with van der Waals surface area (Å²) >= 11 is 0. The van der Waals surface area contributed by atoms with Crippen molar-refractivity contribution in [3.05, 3.63) is 24.2 Å². The van der Waals surface area contributed by atoms with Crippen LogP contribution in [0.4, 0.5) is 0 Å². The maximum Gasteiger partial charge on any atom is 0.215 e. The van der Waals surface area contributed by atoms with Crippen LogP contribution in [0.25, 0.3) is 0 Å². The van der Waals surface area contributed by atoms with Gasteiger partial charge >= 0.3 is 0 Å². The number of nitrogens with two attached hydrogens (primary N) is 1. The average molecular weight is 260 g/mol. The van der Waals surface area contributed by atoms with E-state index in [2.05, 4.69) is 4.72 Å². The van der Waals surface area contributed by atoms with Crippen molar-refractivity contribution in [2.45, 2.75) is 38.0 Å². The Balaban J connectivity index is 2.41. The third kappa shape index (κ3) is 4.49. The minimum Gasteiger partial charge on any atom is -0.469 e. The largest absolute Gasteiger partial charge is 0.469 e. The highest BCUT2D eigenvalue weighted by atomic mass is 32.2. The van der Waals surface area contributed by atoms with E-state index in [1.54, 1.807) is 13.2 Å². The molecule has 0 radical (unpaired) electrons. The van der Waals surface area contributed by atoms with Gasteiger partial charge in [-0.2, -0.15) is 0 Å². The number of rotatable bonds is 7. The smallest absolute Gasteiger partial charge is 0.215 e. The van der Waals surface area contributed by atoms with E-state index >= 15 is 0 Å². The van der Waals surface area contributed by atoms with Crippen molar-refractivity contribution < 1.29 is 12.8 Å². The van der Waals surface area contributed by atoms with Gasteiger partial charge in [0.05, 0.1) is 11.5 Å². The van der Waals surface area contributed by atoms with E-state index in [4.69, 9.17) is 10.2 Å². The van der Waals surface area contributed by atoms with Gasteiger partial charge in [0.25, 0.3) is 0 Å². The predicted molar refractivity (Wildman–Crippen MR) is 67.1 cm³/mol. The third-order valence-corrected chi connectivity index (χ3v) is 4.61. The molecule has 0 saturated heterocycles. The molecule has 3 N–H and O–H groups in total. The van der Waals surface area contributed by atoms with Crippen molar-refractivity contribution in [3.63, 3.8) is 0 Å². The van der Waals surface area contributed by atoms with Gasteiger partial charge in [-0.05, 0) is 32.4 Å². The van der Waals surface area contributed by atoms with E-state index in [0.29, 0.717) is 12.8 Å². The van der Waals surface area contributed by atoms with Crippen molar-refractivity contribution in [1.82, 2.24) is 4.72 Å². The SMILES string of the molecule is CC(CCc1ccco1)NS(=O)(=O)C(C)CN. The summed E-state index contributed by atoms with van der Waals surface area (Å²) in [5.74, 6) is 0.864. The highest BCUT2D eigenvalue weighted by molar-refractivity contribution is 7.90. The van der Waals surface area contributed by atoms with Gasteiger partial charge in [0.1, 0.15) is 5.76 Å². The van der Waals surface area contributed by atoms with E-state index in [-0.39, 0.29) is 12.6 Å². The van der Waals surface area contributed by atoms with E-state index in [0.717, 1.165) is 5.76 Å². The first-order chi connectivity index (χ1) is 7.95. The minimum atomic E-state index is -3.31. The fourth-order valence-corrected chi connectivity index (χ4v) is 2.56. The van der Waals surface area contributed by atoms with Crippen LogP contribution in [-0.4, -0.2) is 26.3 Å². The van der Waals surface area contributed by atoms with Crippen LogP contribution >= 0.6 is 0 Å². The second kappa shape index (κ2) is 6.18. The van der Waals surface area contributed by atoms with Gasteiger partial charge in [0.2, 0.25) is 10.0 Å². The average Bonchev–Trinajstić information content (AvgIpc) is 2.77. The molecule has 0 amide bonds. The molecule has 0 aliphatic heterocycles. The molecular formula is C11H20N2O3S. The zero-order valence-corrected chi connectivity index (χ0v) is 11.0. The Bertz CT molecular complexity index is 414. The first-order valence-corrected chi connectivity index (χ1v) is 7.24. The van der Waals surface area contributed by atoms with Crippen LogP contribution < -0.4 is 10.5 Å². The normalized spacial score (nSPS) is 15.7. The summed E-state index contributed by atoms with van der Waals surface area (Å²) < 4.78 is 31.2. The Hall–Kier alpha value is -0.850. The molecule has 2 atom stereocenters. The zero-order valence-electron chi connectivity index (χ0n) is 10.2. The third-order valence-electron chi connectivity index (χ3n) is 2.63. The summed E-state index contributed by atoms with van der Waals surface area (Å²) in [7, 11) is -3.31.